The summed E-state index contributed by atoms with van der Waals surface area (Å²) in [7, 11) is -0.523. The van der Waals surface area contributed by atoms with Crippen LogP contribution in [0.25, 0.3) is 0 Å². The SMILES string of the molecule is O=S1CCC(CCOC=C2CCCC2)CC1. The van der Waals surface area contributed by atoms with Crippen molar-refractivity contribution in [2.45, 2.75) is 44.9 Å². The lowest BCUT2D eigenvalue weighted by atomic mass is 10.00. The van der Waals surface area contributed by atoms with E-state index in [1.807, 2.05) is 6.26 Å². The van der Waals surface area contributed by atoms with E-state index in [1.54, 1.807) is 0 Å². The number of rotatable bonds is 4. The predicted molar refractivity (Wildman–Crippen MR) is 67.7 cm³/mol. The van der Waals surface area contributed by atoms with Gasteiger partial charge in [-0.05, 0) is 56.4 Å². The van der Waals surface area contributed by atoms with Crippen LogP contribution in [0.15, 0.2) is 11.8 Å². The van der Waals surface area contributed by atoms with Gasteiger partial charge in [-0.1, -0.05) is 0 Å². The first kappa shape index (κ1) is 12.2. The molecule has 0 amide bonds. The Morgan fingerprint density at radius 3 is 2.62 bits per heavy atom. The van der Waals surface area contributed by atoms with Crippen LogP contribution in [-0.4, -0.2) is 22.3 Å². The largest absolute Gasteiger partial charge is 0.501 e. The fourth-order valence-corrected chi connectivity index (χ4v) is 3.89. The van der Waals surface area contributed by atoms with Gasteiger partial charge >= 0.3 is 0 Å². The van der Waals surface area contributed by atoms with Crippen LogP contribution >= 0.6 is 0 Å². The molecular weight excluding hydrogens is 220 g/mol. The Morgan fingerprint density at radius 1 is 1.25 bits per heavy atom. The van der Waals surface area contributed by atoms with Gasteiger partial charge in [0.15, 0.2) is 0 Å². The van der Waals surface area contributed by atoms with Gasteiger partial charge in [-0.25, -0.2) is 0 Å². The highest BCUT2D eigenvalue weighted by Crippen LogP contribution is 2.24. The Labute approximate surface area is 101 Å². The van der Waals surface area contributed by atoms with E-state index >= 15 is 0 Å². The second-order valence-corrected chi connectivity index (χ2v) is 6.63. The number of hydrogen-bond acceptors (Lipinski definition) is 2. The van der Waals surface area contributed by atoms with Gasteiger partial charge in [0, 0.05) is 22.3 Å². The lowest BCUT2D eigenvalue weighted by molar-refractivity contribution is 0.214. The molecule has 1 saturated carbocycles. The van der Waals surface area contributed by atoms with Crippen molar-refractivity contribution in [2.24, 2.45) is 5.92 Å². The summed E-state index contributed by atoms with van der Waals surface area (Å²) in [6.45, 7) is 0.848. The molecule has 3 heteroatoms. The monoisotopic (exact) mass is 242 g/mol. The number of ether oxygens (including phenoxy) is 1. The molecule has 2 rings (SSSR count). The van der Waals surface area contributed by atoms with Crippen molar-refractivity contribution in [1.29, 1.82) is 0 Å². The molecule has 2 aliphatic rings. The van der Waals surface area contributed by atoms with Gasteiger partial charge in [-0.2, -0.15) is 0 Å². The van der Waals surface area contributed by atoms with Crippen molar-refractivity contribution < 1.29 is 8.95 Å². The topological polar surface area (TPSA) is 26.3 Å². The van der Waals surface area contributed by atoms with E-state index in [1.165, 1.54) is 31.3 Å². The molecule has 16 heavy (non-hydrogen) atoms. The Kier molecular flexibility index (Phi) is 4.89. The van der Waals surface area contributed by atoms with Gasteiger partial charge in [0.2, 0.25) is 0 Å². The van der Waals surface area contributed by atoms with Gasteiger partial charge < -0.3 is 4.74 Å². The van der Waals surface area contributed by atoms with Gasteiger partial charge in [0.05, 0.1) is 12.9 Å². The second-order valence-electron chi connectivity index (χ2n) is 4.93. The third-order valence-corrected chi connectivity index (χ3v) is 5.03. The second kappa shape index (κ2) is 6.43. The molecule has 0 N–H and O–H groups in total. The molecule has 0 aromatic rings. The molecule has 1 aliphatic heterocycles. The van der Waals surface area contributed by atoms with Crippen LogP contribution in [0.1, 0.15) is 44.9 Å². The van der Waals surface area contributed by atoms with E-state index in [0.29, 0.717) is 0 Å². The summed E-state index contributed by atoms with van der Waals surface area (Å²) >= 11 is 0. The average molecular weight is 242 g/mol. The molecular formula is C13H22O2S. The van der Waals surface area contributed by atoms with Crippen molar-refractivity contribution in [1.82, 2.24) is 0 Å². The van der Waals surface area contributed by atoms with E-state index in [4.69, 9.17) is 4.74 Å². The summed E-state index contributed by atoms with van der Waals surface area (Å²) in [6, 6.07) is 0. The molecule has 92 valence electrons. The summed E-state index contributed by atoms with van der Waals surface area (Å²) in [5.74, 6) is 2.57. The molecule has 0 radical (unpaired) electrons. The quantitative estimate of drug-likeness (QED) is 0.559. The third-order valence-electron chi connectivity index (χ3n) is 3.65. The molecule has 0 bridgehead atoms. The fourth-order valence-electron chi connectivity index (χ4n) is 2.49. The van der Waals surface area contributed by atoms with Crippen LogP contribution in [0.4, 0.5) is 0 Å². The molecule has 1 heterocycles. The van der Waals surface area contributed by atoms with E-state index in [2.05, 4.69) is 0 Å². The maximum atomic E-state index is 11.2. The molecule has 1 aliphatic carbocycles. The highest BCUT2D eigenvalue weighted by molar-refractivity contribution is 7.85. The highest BCUT2D eigenvalue weighted by atomic mass is 32.2. The van der Waals surface area contributed by atoms with Crippen LogP contribution in [0, 0.1) is 5.92 Å². The van der Waals surface area contributed by atoms with Crippen LogP contribution in [-0.2, 0) is 15.5 Å². The number of allylic oxidation sites excluding steroid dienone is 1. The molecule has 0 aromatic heterocycles. The van der Waals surface area contributed by atoms with Crippen LogP contribution in [0.2, 0.25) is 0 Å². The maximum absolute atomic E-state index is 11.2. The molecule has 0 spiro atoms. The standard InChI is InChI=1S/C13H22O2S/c14-16-9-6-12(7-10-16)5-8-15-11-13-3-1-2-4-13/h11-12H,1-10H2. The minimum absolute atomic E-state index is 0.523. The van der Waals surface area contributed by atoms with Crippen LogP contribution in [0.5, 0.6) is 0 Å². The van der Waals surface area contributed by atoms with Crippen LogP contribution in [0.3, 0.4) is 0 Å². The van der Waals surface area contributed by atoms with Crippen LogP contribution < -0.4 is 0 Å². The van der Waals surface area contributed by atoms with Gasteiger partial charge in [0.25, 0.3) is 0 Å². The Morgan fingerprint density at radius 2 is 1.94 bits per heavy atom. The minimum Gasteiger partial charge on any atom is -0.501 e. The zero-order chi connectivity index (χ0) is 11.2. The third kappa shape index (κ3) is 3.93. The van der Waals surface area contributed by atoms with E-state index in [9.17, 15) is 4.21 Å². The molecule has 2 nitrogen and oxygen atoms in total. The van der Waals surface area contributed by atoms with E-state index in [0.717, 1.165) is 43.3 Å². The summed E-state index contributed by atoms with van der Waals surface area (Å²) in [5.41, 5.74) is 1.49. The lowest BCUT2D eigenvalue weighted by Crippen LogP contribution is -2.19. The van der Waals surface area contributed by atoms with Gasteiger partial charge in [-0.15, -0.1) is 0 Å². The molecule has 0 atom stereocenters. The summed E-state index contributed by atoms with van der Waals surface area (Å²) in [5, 5.41) is 0. The number of hydrogen-bond donors (Lipinski definition) is 0. The average Bonchev–Trinajstić information content (AvgIpc) is 2.80. The first-order valence-corrected chi connectivity index (χ1v) is 7.98. The summed E-state index contributed by atoms with van der Waals surface area (Å²) in [4.78, 5) is 0. The summed E-state index contributed by atoms with van der Waals surface area (Å²) in [6.07, 6.45) is 10.5. The Balaban J connectivity index is 1.57. The first-order valence-electron chi connectivity index (χ1n) is 6.49. The van der Waals surface area contributed by atoms with Crippen molar-refractivity contribution in [2.75, 3.05) is 18.1 Å². The highest BCUT2D eigenvalue weighted by Gasteiger charge is 2.17. The van der Waals surface area contributed by atoms with Crippen molar-refractivity contribution >= 4 is 10.8 Å². The smallest absolute Gasteiger partial charge is 0.0875 e. The minimum atomic E-state index is -0.523. The van der Waals surface area contributed by atoms with Crippen molar-refractivity contribution in [3.8, 4) is 0 Å². The van der Waals surface area contributed by atoms with Gasteiger partial charge in [-0.3, -0.25) is 4.21 Å². The lowest BCUT2D eigenvalue weighted by Gasteiger charge is -2.20. The molecule has 0 aromatic carbocycles. The van der Waals surface area contributed by atoms with Gasteiger partial charge in [0.1, 0.15) is 0 Å². The predicted octanol–water partition coefficient (Wildman–Crippen LogP) is 3.01. The molecule has 2 fully saturated rings. The first-order chi connectivity index (χ1) is 7.84. The summed E-state index contributed by atoms with van der Waals surface area (Å²) < 4.78 is 16.8. The zero-order valence-electron chi connectivity index (χ0n) is 9.95. The zero-order valence-corrected chi connectivity index (χ0v) is 10.8. The van der Waals surface area contributed by atoms with Crippen molar-refractivity contribution in [3.63, 3.8) is 0 Å². The molecule has 1 saturated heterocycles. The maximum Gasteiger partial charge on any atom is 0.0875 e. The normalized spacial score (nSPS) is 30.4. The Hall–Kier alpha value is -0.310. The van der Waals surface area contributed by atoms with Crippen molar-refractivity contribution in [3.05, 3.63) is 11.8 Å². The Bertz CT molecular complexity index is 255. The van der Waals surface area contributed by atoms with E-state index in [-0.39, 0.29) is 0 Å². The fraction of sp³-hybridized carbons (Fsp3) is 0.846. The molecule has 0 unspecified atom stereocenters. The van der Waals surface area contributed by atoms with E-state index < -0.39 is 10.8 Å².